The molecule has 116 valence electrons. The lowest BCUT2D eigenvalue weighted by Gasteiger charge is -2.12. The van der Waals surface area contributed by atoms with E-state index in [-0.39, 0.29) is 0 Å². The zero-order valence-corrected chi connectivity index (χ0v) is 13.0. The highest BCUT2D eigenvalue weighted by atomic mass is 16.5. The van der Waals surface area contributed by atoms with Crippen LogP contribution in [-0.4, -0.2) is 38.4 Å². The minimum Gasteiger partial charge on any atom is -0.493 e. The molecule has 1 aromatic carbocycles. The monoisotopic (exact) mass is 302 g/mol. The van der Waals surface area contributed by atoms with E-state index in [0.29, 0.717) is 23.1 Å². The predicted molar refractivity (Wildman–Crippen MR) is 83.6 cm³/mol. The normalized spacial score (nSPS) is 10.5. The Balaban J connectivity index is 2.29. The molecule has 6 heteroatoms. The number of methoxy groups -OCH3 is 4. The highest BCUT2D eigenvalue weighted by Crippen LogP contribution is 2.38. The van der Waals surface area contributed by atoms with E-state index >= 15 is 0 Å². The Kier molecular flexibility index (Phi) is 5.19. The van der Waals surface area contributed by atoms with Crippen LogP contribution in [0.2, 0.25) is 0 Å². The molecule has 0 aliphatic heterocycles. The second-order valence-corrected chi connectivity index (χ2v) is 4.28. The van der Waals surface area contributed by atoms with E-state index in [1.807, 2.05) is 24.3 Å². The Labute approximate surface area is 129 Å². The van der Waals surface area contributed by atoms with Crippen molar-refractivity contribution < 1.29 is 18.9 Å². The largest absolute Gasteiger partial charge is 0.493 e. The minimum atomic E-state index is 0.477. The molecule has 0 saturated heterocycles. The molecular formula is C16H18N2O4. The van der Waals surface area contributed by atoms with Crippen LogP contribution in [0, 0.1) is 0 Å². The predicted octanol–water partition coefficient (Wildman–Crippen LogP) is 2.68. The lowest BCUT2D eigenvalue weighted by atomic mass is 10.1. The maximum atomic E-state index is 5.32. The molecule has 0 saturated carbocycles. The Morgan fingerprint density at radius 2 is 1.45 bits per heavy atom. The molecule has 0 N–H and O–H groups in total. The maximum absolute atomic E-state index is 5.32. The topological polar surface area (TPSA) is 62.7 Å². The molecule has 1 heterocycles. The average molecular weight is 302 g/mol. The fourth-order valence-corrected chi connectivity index (χ4v) is 1.90. The molecule has 0 aliphatic carbocycles. The number of aromatic nitrogens is 2. The van der Waals surface area contributed by atoms with Gasteiger partial charge in [-0.2, -0.15) is 0 Å². The maximum Gasteiger partial charge on any atom is 0.232 e. The van der Waals surface area contributed by atoms with Crippen molar-refractivity contribution in [3.8, 4) is 23.1 Å². The van der Waals surface area contributed by atoms with E-state index in [4.69, 9.17) is 18.9 Å². The van der Waals surface area contributed by atoms with Gasteiger partial charge in [0.2, 0.25) is 11.6 Å². The van der Waals surface area contributed by atoms with Crippen LogP contribution in [0.1, 0.15) is 11.3 Å². The Morgan fingerprint density at radius 1 is 0.773 bits per heavy atom. The van der Waals surface area contributed by atoms with Gasteiger partial charge in [-0.15, -0.1) is 0 Å². The van der Waals surface area contributed by atoms with Gasteiger partial charge in [0, 0.05) is 0 Å². The van der Waals surface area contributed by atoms with E-state index in [1.54, 1.807) is 40.8 Å². The van der Waals surface area contributed by atoms with Crippen LogP contribution in [0.3, 0.4) is 0 Å². The van der Waals surface area contributed by atoms with Crippen molar-refractivity contribution in [1.82, 2.24) is 9.97 Å². The third-order valence-corrected chi connectivity index (χ3v) is 2.99. The lowest BCUT2D eigenvalue weighted by Crippen LogP contribution is -1.95. The molecule has 0 unspecified atom stereocenters. The Bertz CT molecular complexity index is 629. The first-order valence-corrected chi connectivity index (χ1v) is 6.56. The second kappa shape index (κ2) is 7.31. The van der Waals surface area contributed by atoms with Gasteiger partial charge in [0.25, 0.3) is 0 Å². The zero-order chi connectivity index (χ0) is 15.9. The Morgan fingerprint density at radius 3 is 1.91 bits per heavy atom. The summed E-state index contributed by atoms with van der Waals surface area (Å²) in [5.74, 6) is 2.24. The van der Waals surface area contributed by atoms with Crippen LogP contribution in [-0.2, 0) is 0 Å². The van der Waals surface area contributed by atoms with Crippen molar-refractivity contribution >= 4 is 12.2 Å². The van der Waals surface area contributed by atoms with Crippen molar-refractivity contribution in [2.45, 2.75) is 0 Å². The molecule has 22 heavy (non-hydrogen) atoms. The third-order valence-electron chi connectivity index (χ3n) is 2.99. The molecule has 0 aliphatic rings. The van der Waals surface area contributed by atoms with Gasteiger partial charge in [-0.25, -0.2) is 9.97 Å². The van der Waals surface area contributed by atoms with Gasteiger partial charge in [0.15, 0.2) is 11.5 Å². The van der Waals surface area contributed by atoms with Crippen molar-refractivity contribution in [1.29, 1.82) is 0 Å². The Hall–Kier alpha value is -2.76. The smallest absolute Gasteiger partial charge is 0.232 e. The van der Waals surface area contributed by atoms with Gasteiger partial charge in [-0.1, -0.05) is 6.08 Å². The summed E-state index contributed by atoms with van der Waals surface area (Å²) in [6, 6.07) is 3.71. The molecule has 2 aromatic rings. The van der Waals surface area contributed by atoms with Crippen LogP contribution in [0.5, 0.6) is 23.1 Å². The zero-order valence-electron chi connectivity index (χ0n) is 13.0. The number of ether oxygens (including phenoxy) is 4. The first-order valence-electron chi connectivity index (χ1n) is 6.56. The van der Waals surface area contributed by atoms with Crippen molar-refractivity contribution in [3.63, 3.8) is 0 Å². The van der Waals surface area contributed by atoms with Gasteiger partial charge in [-0.3, -0.25) is 0 Å². The van der Waals surface area contributed by atoms with E-state index in [9.17, 15) is 0 Å². The van der Waals surface area contributed by atoms with Crippen LogP contribution in [0.25, 0.3) is 12.2 Å². The quantitative estimate of drug-likeness (QED) is 0.817. The molecule has 0 atom stereocenters. The van der Waals surface area contributed by atoms with E-state index < -0.39 is 0 Å². The van der Waals surface area contributed by atoms with Crippen molar-refractivity contribution in [3.05, 3.63) is 35.8 Å². The summed E-state index contributed by atoms with van der Waals surface area (Å²) in [5, 5.41) is 0. The number of benzene rings is 1. The number of rotatable bonds is 6. The molecular weight excluding hydrogens is 284 g/mol. The van der Waals surface area contributed by atoms with Crippen LogP contribution < -0.4 is 18.9 Å². The summed E-state index contributed by atoms with van der Waals surface area (Å²) in [4.78, 5) is 8.32. The molecule has 0 amide bonds. The SMILES string of the molecule is COc1cnc(/C=C\c2cc(OC)c(OC)c(OC)c2)cn1. The molecule has 0 fully saturated rings. The number of hydrogen-bond donors (Lipinski definition) is 0. The van der Waals surface area contributed by atoms with Gasteiger partial charge in [0.1, 0.15) is 0 Å². The van der Waals surface area contributed by atoms with E-state index in [2.05, 4.69) is 9.97 Å². The van der Waals surface area contributed by atoms with Gasteiger partial charge >= 0.3 is 0 Å². The molecule has 6 nitrogen and oxygen atoms in total. The lowest BCUT2D eigenvalue weighted by molar-refractivity contribution is 0.324. The summed E-state index contributed by atoms with van der Waals surface area (Å²) < 4.78 is 20.9. The van der Waals surface area contributed by atoms with Crippen LogP contribution in [0.15, 0.2) is 24.5 Å². The number of hydrogen-bond acceptors (Lipinski definition) is 6. The highest BCUT2D eigenvalue weighted by molar-refractivity contribution is 5.71. The van der Waals surface area contributed by atoms with Crippen molar-refractivity contribution in [2.24, 2.45) is 0 Å². The van der Waals surface area contributed by atoms with Gasteiger partial charge in [-0.05, 0) is 23.8 Å². The fourth-order valence-electron chi connectivity index (χ4n) is 1.90. The van der Waals surface area contributed by atoms with E-state index in [0.717, 1.165) is 11.3 Å². The summed E-state index contributed by atoms with van der Waals surface area (Å²) in [6.07, 6.45) is 6.93. The number of nitrogens with zero attached hydrogens (tertiary/aromatic N) is 2. The highest BCUT2D eigenvalue weighted by Gasteiger charge is 2.11. The summed E-state index contributed by atoms with van der Waals surface area (Å²) in [5.41, 5.74) is 1.61. The second-order valence-electron chi connectivity index (χ2n) is 4.28. The van der Waals surface area contributed by atoms with Gasteiger partial charge < -0.3 is 18.9 Å². The average Bonchev–Trinajstić information content (AvgIpc) is 2.59. The summed E-state index contributed by atoms with van der Waals surface area (Å²) >= 11 is 0. The van der Waals surface area contributed by atoms with Crippen LogP contribution in [0.4, 0.5) is 0 Å². The van der Waals surface area contributed by atoms with Crippen molar-refractivity contribution in [2.75, 3.05) is 28.4 Å². The van der Waals surface area contributed by atoms with Gasteiger partial charge in [0.05, 0.1) is 46.5 Å². The fraction of sp³-hybridized carbons (Fsp3) is 0.250. The summed E-state index contributed by atoms with van der Waals surface area (Å²) in [6.45, 7) is 0. The molecule has 0 radical (unpaired) electrons. The van der Waals surface area contributed by atoms with Crippen LogP contribution >= 0.6 is 0 Å². The minimum absolute atomic E-state index is 0.477. The molecule has 2 rings (SSSR count). The van der Waals surface area contributed by atoms with E-state index in [1.165, 1.54) is 0 Å². The standard InChI is InChI=1S/C16H18N2O4/c1-19-13-7-11(8-14(20-2)16(13)22-4)5-6-12-9-18-15(21-3)10-17-12/h5-10H,1-4H3/b6-5-. The molecule has 1 aromatic heterocycles. The summed E-state index contributed by atoms with van der Waals surface area (Å²) in [7, 11) is 6.29. The molecule has 0 spiro atoms. The first-order chi connectivity index (χ1) is 10.7. The first kappa shape index (κ1) is 15.6. The third kappa shape index (κ3) is 3.46. The molecule has 0 bridgehead atoms.